The van der Waals surface area contributed by atoms with Crippen LogP contribution >= 0.6 is 0 Å². The molecule has 11 N–H and O–H groups in total. The van der Waals surface area contributed by atoms with Gasteiger partial charge in [-0.2, -0.15) is 0 Å². The number of nitrogens with two attached hydrogens (primary N) is 3. The number of nitrogens with one attached hydrogen (secondary N) is 3. The van der Waals surface area contributed by atoms with Crippen molar-refractivity contribution in [2.24, 2.45) is 22.2 Å². The number of hydrogen-bond acceptors (Lipinski definition) is 7. The first kappa shape index (κ1) is 28.3. The van der Waals surface area contributed by atoms with E-state index in [1.807, 2.05) is 30.3 Å². The zero-order valence-electron chi connectivity index (χ0n) is 18.9. The first-order chi connectivity index (χ1) is 16.0. The maximum atomic E-state index is 12.5. The molecule has 188 valence electrons. The Kier molecular flexibility index (Phi) is 12.0. The molecule has 0 saturated carbocycles. The van der Waals surface area contributed by atoms with Crippen LogP contribution in [0.4, 0.5) is 0 Å². The summed E-state index contributed by atoms with van der Waals surface area (Å²) in [5, 5.41) is 26.2. The monoisotopic (exact) mass is 479 g/mol. The maximum Gasteiger partial charge on any atom is 0.326 e. The number of aliphatic hydroxyl groups is 1. The van der Waals surface area contributed by atoms with Crippen molar-refractivity contribution in [1.29, 1.82) is 0 Å². The summed E-state index contributed by atoms with van der Waals surface area (Å²) in [5.74, 6) is -3.66. The highest BCUT2D eigenvalue weighted by molar-refractivity contribution is 5.92. The minimum Gasteiger partial charge on any atom is -0.480 e. The molecular formula is C21H33N7O6. The first-order valence-corrected chi connectivity index (χ1v) is 10.6. The topological polar surface area (TPSA) is 235 Å². The molecule has 0 spiro atoms. The predicted octanol–water partition coefficient (Wildman–Crippen LogP) is -2.84. The average Bonchev–Trinajstić information content (AvgIpc) is 2.77. The minimum atomic E-state index is -1.44. The van der Waals surface area contributed by atoms with E-state index in [4.69, 9.17) is 17.2 Å². The fourth-order valence-corrected chi connectivity index (χ4v) is 2.91. The van der Waals surface area contributed by atoms with Crippen LogP contribution in [0.5, 0.6) is 0 Å². The molecule has 13 heteroatoms. The molecule has 4 atom stereocenters. The molecule has 0 saturated heterocycles. The van der Waals surface area contributed by atoms with E-state index in [2.05, 4.69) is 20.9 Å². The number of guanidine groups is 1. The van der Waals surface area contributed by atoms with Crippen molar-refractivity contribution in [2.45, 2.75) is 50.4 Å². The largest absolute Gasteiger partial charge is 0.480 e. The van der Waals surface area contributed by atoms with Crippen LogP contribution in [0.15, 0.2) is 35.3 Å². The number of aliphatic imine (C=N–C) groups is 1. The van der Waals surface area contributed by atoms with Crippen LogP contribution in [-0.2, 0) is 25.6 Å². The van der Waals surface area contributed by atoms with E-state index < -0.39 is 54.5 Å². The molecule has 0 aliphatic carbocycles. The second-order valence-electron chi connectivity index (χ2n) is 7.65. The molecule has 4 unspecified atom stereocenters. The van der Waals surface area contributed by atoms with Crippen molar-refractivity contribution in [1.82, 2.24) is 16.0 Å². The standard InChI is InChI=1S/C21H33N7O6/c1-12(29)17(19(32)27-15(20(33)34)8-5-9-25-21(23)24)28-16(30)11-26-18(31)14(22)10-13-6-3-2-4-7-13/h2-4,6-7,12,14-15,17,29H,5,8-11,22H2,1H3,(H,26,31)(H,27,32)(H,28,30)(H,33,34)(H4,23,24,25). The fourth-order valence-electron chi connectivity index (χ4n) is 2.91. The number of carboxylic acid groups (broad SMARTS) is 1. The molecule has 1 aromatic carbocycles. The van der Waals surface area contributed by atoms with Crippen LogP contribution in [0, 0.1) is 0 Å². The van der Waals surface area contributed by atoms with Crippen LogP contribution in [0.2, 0.25) is 0 Å². The first-order valence-electron chi connectivity index (χ1n) is 10.6. The summed E-state index contributed by atoms with van der Waals surface area (Å²) in [7, 11) is 0. The van der Waals surface area contributed by atoms with Crippen molar-refractivity contribution >= 4 is 29.7 Å². The third-order valence-corrected chi connectivity index (χ3v) is 4.70. The molecule has 0 fully saturated rings. The number of aliphatic hydroxyl groups excluding tert-OH is 1. The van der Waals surface area contributed by atoms with E-state index in [-0.39, 0.29) is 31.8 Å². The van der Waals surface area contributed by atoms with Gasteiger partial charge in [-0.1, -0.05) is 30.3 Å². The van der Waals surface area contributed by atoms with Gasteiger partial charge in [-0.3, -0.25) is 19.4 Å². The van der Waals surface area contributed by atoms with Gasteiger partial charge >= 0.3 is 5.97 Å². The zero-order chi connectivity index (χ0) is 25.7. The van der Waals surface area contributed by atoms with Gasteiger partial charge in [0, 0.05) is 6.54 Å². The van der Waals surface area contributed by atoms with Crippen molar-refractivity contribution in [2.75, 3.05) is 13.1 Å². The molecule has 3 amide bonds. The van der Waals surface area contributed by atoms with Crippen molar-refractivity contribution in [3.63, 3.8) is 0 Å². The smallest absolute Gasteiger partial charge is 0.326 e. The SMILES string of the molecule is CC(O)C(NC(=O)CNC(=O)C(N)Cc1ccccc1)C(=O)NC(CCCN=C(N)N)C(=O)O. The van der Waals surface area contributed by atoms with Crippen molar-refractivity contribution in [3.8, 4) is 0 Å². The third-order valence-electron chi connectivity index (χ3n) is 4.70. The highest BCUT2D eigenvalue weighted by atomic mass is 16.4. The average molecular weight is 480 g/mol. The summed E-state index contributed by atoms with van der Waals surface area (Å²) in [6.07, 6.45) is -0.771. The minimum absolute atomic E-state index is 0.0215. The molecule has 13 nitrogen and oxygen atoms in total. The van der Waals surface area contributed by atoms with E-state index in [1.165, 1.54) is 6.92 Å². The molecule has 1 rings (SSSR count). The number of carboxylic acids is 1. The summed E-state index contributed by atoms with van der Waals surface area (Å²) in [6.45, 7) is 0.941. The number of carbonyl (C=O) groups excluding carboxylic acids is 3. The molecule has 0 aliphatic rings. The molecule has 34 heavy (non-hydrogen) atoms. The Balaban J connectivity index is 2.58. The van der Waals surface area contributed by atoms with E-state index in [0.29, 0.717) is 0 Å². The Hall–Kier alpha value is -3.71. The van der Waals surface area contributed by atoms with Gasteiger partial charge in [0.05, 0.1) is 18.7 Å². The van der Waals surface area contributed by atoms with Gasteiger partial charge in [-0.05, 0) is 31.7 Å². The summed E-state index contributed by atoms with van der Waals surface area (Å²) in [4.78, 5) is 52.1. The fraction of sp³-hybridized carbons (Fsp3) is 0.476. The molecule has 0 bridgehead atoms. The number of nitrogens with zero attached hydrogens (tertiary/aromatic N) is 1. The van der Waals surface area contributed by atoms with E-state index in [1.54, 1.807) is 0 Å². The molecule has 0 heterocycles. The van der Waals surface area contributed by atoms with Gasteiger partial charge in [-0.15, -0.1) is 0 Å². The Bertz CT molecular complexity index is 858. The molecule has 0 aliphatic heterocycles. The van der Waals surface area contributed by atoms with Crippen LogP contribution < -0.4 is 33.2 Å². The van der Waals surface area contributed by atoms with Gasteiger partial charge < -0.3 is 43.4 Å². The summed E-state index contributed by atoms with van der Waals surface area (Å²) in [5.41, 5.74) is 17.1. The van der Waals surface area contributed by atoms with E-state index in [9.17, 15) is 29.4 Å². The van der Waals surface area contributed by atoms with E-state index in [0.717, 1.165) is 5.56 Å². The third kappa shape index (κ3) is 10.7. The predicted molar refractivity (Wildman–Crippen MR) is 124 cm³/mol. The summed E-state index contributed by atoms with van der Waals surface area (Å²) >= 11 is 0. The highest BCUT2D eigenvalue weighted by Gasteiger charge is 2.29. The van der Waals surface area contributed by atoms with Crippen LogP contribution in [0.25, 0.3) is 0 Å². The van der Waals surface area contributed by atoms with Crippen LogP contribution in [0.3, 0.4) is 0 Å². The molecule has 0 radical (unpaired) electrons. The Labute approximate surface area is 197 Å². The van der Waals surface area contributed by atoms with Crippen LogP contribution in [0.1, 0.15) is 25.3 Å². The number of rotatable bonds is 14. The Morgan fingerprint density at radius 3 is 2.26 bits per heavy atom. The number of benzene rings is 1. The lowest BCUT2D eigenvalue weighted by Crippen LogP contribution is -2.57. The lowest BCUT2D eigenvalue weighted by molar-refractivity contribution is -0.143. The van der Waals surface area contributed by atoms with Crippen molar-refractivity contribution in [3.05, 3.63) is 35.9 Å². The normalized spacial score (nSPS) is 14.1. The second kappa shape index (κ2) is 14.4. The zero-order valence-corrected chi connectivity index (χ0v) is 18.9. The Morgan fingerprint density at radius 2 is 1.71 bits per heavy atom. The molecule has 0 aromatic heterocycles. The highest BCUT2D eigenvalue weighted by Crippen LogP contribution is 2.03. The van der Waals surface area contributed by atoms with Crippen molar-refractivity contribution < 1.29 is 29.4 Å². The molecule has 1 aromatic rings. The number of aliphatic carboxylic acids is 1. The van der Waals surface area contributed by atoms with E-state index >= 15 is 0 Å². The Morgan fingerprint density at radius 1 is 1.06 bits per heavy atom. The van der Waals surface area contributed by atoms with Gasteiger partial charge in [0.2, 0.25) is 17.7 Å². The number of amides is 3. The number of carbonyl (C=O) groups is 4. The van der Waals surface area contributed by atoms with Gasteiger partial charge in [0.25, 0.3) is 0 Å². The van der Waals surface area contributed by atoms with Gasteiger partial charge in [0.1, 0.15) is 12.1 Å². The second-order valence-corrected chi connectivity index (χ2v) is 7.65. The van der Waals surface area contributed by atoms with Crippen LogP contribution in [-0.4, -0.2) is 77.2 Å². The summed E-state index contributed by atoms with van der Waals surface area (Å²) in [6, 6.07) is 5.48. The molecular weight excluding hydrogens is 446 g/mol. The quantitative estimate of drug-likeness (QED) is 0.0778. The number of hydrogen-bond donors (Lipinski definition) is 8. The lowest BCUT2D eigenvalue weighted by atomic mass is 10.1. The van der Waals surface area contributed by atoms with Gasteiger partial charge in [-0.25, -0.2) is 4.79 Å². The maximum absolute atomic E-state index is 12.5. The summed E-state index contributed by atoms with van der Waals surface area (Å²) < 4.78 is 0. The lowest BCUT2D eigenvalue weighted by Gasteiger charge is -2.23. The van der Waals surface area contributed by atoms with Gasteiger partial charge in [0.15, 0.2) is 5.96 Å².